The van der Waals surface area contributed by atoms with E-state index in [1.165, 1.54) is 18.2 Å². The zero-order valence-corrected chi connectivity index (χ0v) is 14.2. The molecule has 2 rings (SSSR count). The first kappa shape index (κ1) is 17.7. The highest BCUT2D eigenvalue weighted by atomic mass is 35.5. The van der Waals surface area contributed by atoms with Gasteiger partial charge in [-0.05, 0) is 36.2 Å². The van der Waals surface area contributed by atoms with Crippen LogP contribution in [0.2, 0.25) is 5.02 Å². The summed E-state index contributed by atoms with van der Waals surface area (Å²) in [5, 5.41) is 14.0. The Morgan fingerprint density at radius 2 is 1.88 bits per heavy atom. The van der Waals surface area contributed by atoms with Crippen LogP contribution in [0.3, 0.4) is 0 Å². The van der Waals surface area contributed by atoms with Crippen LogP contribution >= 0.6 is 11.6 Å². The first-order valence-corrected chi connectivity index (χ1v) is 7.74. The second kappa shape index (κ2) is 7.79. The first-order valence-electron chi connectivity index (χ1n) is 7.37. The summed E-state index contributed by atoms with van der Waals surface area (Å²) >= 11 is 5.83. The number of hydrogen-bond acceptors (Lipinski definition) is 4. The molecule has 24 heavy (non-hydrogen) atoms. The molecule has 0 atom stereocenters. The fraction of sp³-hybridized carbons (Fsp3) is 0.235. The first-order chi connectivity index (χ1) is 11.4. The number of nitro groups is 1. The molecular weight excluding hydrogens is 330 g/mol. The molecule has 0 heterocycles. The van der Waals surface area contributed by atoms with E-state index in [0.29, 0.717) is 13.0 Å². The molecule has 2 aromatic rings. The van der Waals surface area contributed by atoms with E-state index in [-0.39, 0.29) is 16.3 Å². The number of carbonyl (C=O) groups is 1. The van der Waals surface area contributed by atoms with Crippen molar-refractivity contribution in [3.8, 4) is 0 Å². The molecule has 0 saturated carbocycles. The van der Waals surface area contributed by atoms with Crippen molar-refractivity contribution in [2.24, 2.45) is 0 Å². The molecule has 0 fully saturated rings. The molecule has 6 nitrogen and oxygen atoms in total. The van der Waals surface area contributed by atoms with E-state index in [0.717, 1.165) is 11.3 Å². The maximum atomic E-state index is 12.2. The number of carbonyl (C=O) groups excluding carboxylic acids is 1. The van der Waals surface area contributed by atoms with Crippen LogP contribution in [0.25, 0.3) is 0 Å². The minimum atomic E-state index is -0.592. The fourth-order valence-electron chi connectivity index (χ4n) is 2.23. The molecule has 2 aromatic carbocycles. The molecule has 0 radical (unpaired) electrons. The van der Waals surface area contributed by atoms with Crippen molar-refractivity contribution in [2.75, 3.05) is 25.5 Å². The van der Waals surface area contributed by atoms with Crippen molar-refractivity contribution in [1.29, 1.82) is 0 Å². The Hall–Kier alpha value is -2.60. The van der Waals surface area contributed by atoms with Crippen molar-refractivity contribution >= 4 is 28.9 Å². The van der Waals surface area contributed by atoms with Gasteiger partial charge in [0.2, 0.25) is 0 Å². The number of anilines is 1. The van der Waals surface area contributed by atoms with Crippen LogP contribution in [0, 0.1) is 10.1 Å². The lowest BCUT2D eigenvalue weighted by Crippen LogP contribution is -2.26. The van der Waals surface area contributed by atoms with Crippen LogP contribution in [0.5, 0.6) is 0 Å². The Morgan fingerprint density at radius 1 is 1.21 bits per heavy atom. The highest BCUT2D eigenvalue weighted by molar-refractivity contribution is 6.31. The predicted molar refractivity (Wildman–Crippen MR) is 94.9 cm³/mol. The van der Waals surface area contributed by atoms with Gasteiger partial charge >= 0.3 is 0 Å². The van der Waals surface area contributed by atoms with Crippen LogP contribution in [0.4, 0.5) is 11.4 Å². The SMILES string of the molecule is CN(C)c1ccc(CCNC(=O)c2cc(Cl)ccc2[N+](=O)[O-])cc1. The van der Waals surface area contributed by atoms with Gasteiger partial charge in [0.15, 0.2) is 0 Å². The average molecular weight is 348 g/mol. The third-order valence-corrected chi connectivity index (χ3v) is 3.79. The van der Waals surface area contributed by atoms with Gasteiger partial charge in [-0.15, -0.1) is 0 Å². The number of nitro benzene ring substituents is 1. The van der Waals surface area contributed by atoms with Gasteiger partial charge in [-0.25, -0.2) is 0 Å². The van der Waals surface area contributed by atoms with E-state index >= 15 is 0 Å². The molecule has 7 heteroatoms. The lowest BCUT2D eigenvalue weighted by atomic mass is 10.1. The largest absolute Gasteiger partial charge is 0.378 e. The van der Waals surface area contributed by atoms with Crippen LogP contribution in [-0.4, -0.2) is 31.5 Å². The topological polar surface area (TPSA) is 75.5 Å². The summed E-state index contributed by atoms with van der Waals surface area (Å²) in [7, 11) is 3.93. The third kappa shape index (κ3) is 4.45. The van der Waals surface area contributed by atoms with E-state index < -0.39 is 10.8 Å². The summed E-state index contributed by atoms with van der Waals surface area (Å²) in [6.45, 7) is 0.379. The van der Waals surface area contributed by atoms with Crippen molar-refractivity contribution in [1.82, 2.24) is 5.32 Å². The lowest BCUT2D eigenvalue weighted by Gasteiger charge is -2.12. The Balaban J connectivity index is 1.98. The van der Waals surface area contributed by atoms with Gasteiger partial charge in [-0.2, -0.15) is 0 Å². The van der Waals surface area contributed by atoms with Crippen molar-refractivity contribution < 1.29 is 9.72 Å². The molecule has 0 bridgehead atoms. The monoisotopic (exact) mass is 347 g/mol. The summed E-state index contributed by atoms with van der Waals surface area (Å²) in [6, 6.07) is 11.9. The summed E-state index contributed by atoms with van der Waals surface area (Å²) in [5.74, 6) is -0.505. The molecule has 0 unspecified atom stereocenters. The molecule has 0 aromatic heterocycles. The fourth-order valence-corrected chi connectivity index (χ4v) is 2.40. The zero-order chi connectivity index (χ0) is 17.7. The smallest absolute Gasteiger partial charge is 0.282 e. The number of nitrogens with one attached hydrogen (secondary N) is 1. The zero-order valence-electron chi connectivity index (χ0n) is 13.5. The van der Waals surface area contributed by atoms with E-state index in [1.54, 1.807) is 0 Å². The van der Waals surface area contributed by atoms with Gasteiger partial charge in [-0.1, -0.05) is 23.7 Å². The molecule has 0 aliphatic rings. The third-order valence-electron chi connectivity index (χ3n) is 3.55. The quantitative estimate of drug-likeness (QED) is 0.642. The van der Waals surface area contributed by atoms with Gasteiger partial charge in [0.05, 0.1) is 4.92 Å². The minimum Gasteiger partial charge on any atom is -0.378 e. The molecule has 1 amide bonds. The Labute approximate surface area is 145 Å². The highest BCUT2D eigenvalue weighted by Gasteiger charge is 2.20. The van der Waals surface area contributed by atoms with Gasteiger partial charge in [-0.3, -0.25) is 14.9 Å². The van der Waals surface area contributed by atoms with Crippen molar-refractivity contribution in [3.63, 3.8) is 0 Å². The number of nitrogens with zero attached hydrogens (tertiary/aromatic N) is 2. The summed E-state index contributed by atoms with van der Waals surface area (Å²) < 4.78 is 0. The number of amides is 1. The van der Waals surface area contributed by atoms with Crippen molar-refractivity contribution in [3.05, 3.63) is 68.7 Å². The number of rotatable bonds is 6. The molecule has 0 aliphatic heterocycles. The average Bonchev–Trinajstić information content (AvgIpc) is 2.54. The number of halogens is 1. The van der Waals surface area contributed by atoms with E-state index in [1.807, 2.05) is 43.3 Å². The normalized spacial score (nSPS) is 10.3. The second-order valence-corrected chi connectivity index (χ2v) is 5.92. The van der Waals surface area contributed by atoms with Crippen LogP contribution < -0.4 is 10.2 Å². The van der Waals surface area contributed by atoms with Crippen LogP contribution in [0.15, 0.2) is 42.5 Å². The molecule has 1 N–H and O–H groups in total. The Bertz CT molecular complexity index is 745. The molecule has 0 spiro atoms. The Morgan fingerprint density at radius 3 is 2.46 bits per heavy atom. The van der Waals surface area contributed by atoms with Gasteiger partial charge < -0.3 is 10.2 Å². The summed E-state index contributed by atoms with van der Waals surface area (Å²) in [4.78, 5) is 24.6. The maximum Gasteiger partial charge on any atom is 0.282 e. The summed E-state index contributed by atoms with van der Waals surface area (Å²) in [5.41, 5.74) is 1.88. The van der Waals surface area contributed by atoms with E-state index in [9.17, 15) is 14.9 Å². The second-order valence-electron chi connectivity index (χ2n) is 5.49. The molecule has 0 aliphatic carbocycles. The molecular formula is C17H18ClN3O3. The lowest BCUT2D eigenvalue weighted by molar-refractivity contribution is -0.385. The van der Waals surface area contributed by atoms with Gasteiger partial charge in [0.1, 0.15) is 5.56 Å². The predicted octanol–water partition coefficient (Wildman–Crippen LogP) is 3.29. The highest BCUT2D eigenvalue weighted by Crippen LogP contribution is 2.22. The van der Waals surface area contributed by atoms with Crippen LogP contribution in [0.1, 0.15) is 15.9 Å². The minimum absolute atomic E-state index is 0.0320. The summed E-state index contributed by atoms with van der Waals surface area (Å²) in [6.07, 6.45) is 0.633. The maximum absolute atomic E-state index is 12.2. The van der Waals surface area contributed by atoms with Crippen molar-refractivity contribution in [2.45, 2.75) is 6.42 Å². The Kier molecular flexibility index (Phi) is 5.76. The van der Waals surface area contributed by atoms with Gasteiger partial charge in [0.25, 0.3) is 11.6 Å². The number of hydrogen-bond donors (Lipinski definition) is 1. The molecule has 126 valence electrons. The molecule has 0 saturated heterocycles. The van der Waals surface area contributed by atoms with Gasteiger partial charge in [0, 0.05) is 37.4 Å². The van der Waals surface area contributed by atoms with Crippen LogP contribution in [-0.2, 0) is 6.42 Å². The van der Waals surface area contributed by atoms with E-state index in [4.69, 9.17) is 11.6 Å². The standard InChI is InChI=1S/C17H18ClN3O3/c1-20(2)14-6-3-12(4-7-14)9-10-19-17(22)15-11-13(18)5-8-16(15)21(23)24/h3-8,11H,9-10H2,1-2H3,(H,19,22). The number of benzene rings is 2. The van der Waals surface area contributed by atoms with E-state index in [2.05, 4.69) is 5.32 Å².